The number of hydrogen-bond donors (Lipinski definition) is 1. The lowest BCUT2D eigenvalue weighted by molar-refractivity contribution is -0.123. The predicted octanol–water partition coefficient (Wildman–Crippen LogP) is 4.21. The van der Waals surface area contributed by atoms with E-state index in [1.165, 1.54) is 11.1 Å². The minimum absolute atomic E-state index is 0.0784. The zero-order valence-electron chi connectivity index (χ0n) is 17.1. The van der Waals surface area contributed by atoms with E-state index in [-0.39, 0.29) is 11.9 Å². The number of carbonyl (C=O) groups is 1. The van der Waals surface area contributed by atoms with Crippen molar-refractivity contribution in [2.45, 2.75) is 31.8 Å². The molecule has 5 nitrogen and oxygen atoms in total. The van der Waals surface area contributed by atoms with Crippen molar-refractivity contribution in [3.05, 3.63) is 59.1 Å². The van der Waals surface area contributed by atoms with Gasteiger partial charge in [-0.1, -0.05) is 30.7 Å². The molecule has 2 heterocycles. The summed E-state index contributed by atoms with van der Waals surface area (Å²) >= 11 is 1.76. The molecule has 0 aliphatic carbocycles. The first-order chi connectivity index (χ1) is 14.1. The van der Waals surface area contributed by atoms with Gasteiger partial charge in [0.1, 0.15) is 5.01 Å². The Bertz CT molecular complexity index is 933. The number of fused-ring (bicyclic) bond motifs is 1. The number of piperidine rings is 1. The molecule has 0 saturated carbocycles. The Labute approximate surface area is 176 Å². The maximum absolute atomic E-state index is 12.6. The average molecular weight is 409 g/mol. The molecule has 1 N–H and O–H groups in total. The Morgan fingerprint density at radius 3 is 2.72 bits per heavy atom. The summed E-state index contributed by atoms with van der Waals surface area (Å²) in [5.41, 5.74) is 3.33. The van der Waals surface area contributed by atoms with Gasteiger partial charge in [0.25, 0.3) is 0 Å². The summed E-state index contributed by atoms with van der Waals surface area (Å²) in [4.78, 5) is 21.8. The number of anilines is 1. The monoisotopic (exact) mass is 408 g/mol. The SMILES string of the molecule is CN(C)c1ccc(CNC(=O)CN2CCCC[C@H]2c2nc3ccccc3s2)cc1. The Morgan fingerprint density at radius 1 is 1.17 bits per heavy atom. The lowest BCUT2D eigenvalue weighted by atomic mass is 10.0. The van der Waals surface area contributed by atoms with Crippen LogP contribution >= 0.6 is 11.3 Å². The van der Waals surface area contributed by atoms with Gasteiger partial charge >= 0.3 is 0 Å². The molecule has 0 spiro atoms. The molecule has 2 aromatic carbocycles. The summed E-state index contributed by atoms with van der Waals surface area (Å²) in [5, 5.41) is 4.22. The van der Waals surface area contributed by atoms with Crippen molar-refractivity contribution in [2.75, 3.05) is 32.1 Å². The number of para-hydroxylation sites is 1. The number of amides is 1. The second kappa shape index (κ2) is 8.93. The van der Waals surface area contributed by atoms with E-state index in [0.29, 0.717) is 13.1 Å². The van der Waals surface area contributed by atoms with Crippen LogP contribution in [0.15, 0.2) is 48.5 Å². The normalized spacial score (nSPS) is 17.4. The highest BCUT2D eigenvalue weighted by Gasteiger charge is 2.28. The zero-order valence-corrected chi connectivity index (χ0v) is 17.9. The van der Waals surface area contributed by atoms with Crippen LogP contribution in [-0.4, -0.2) is 43.0 Å². The molecular formula is C23H28N4OS. The van der Waals surface area contributed by atoms with E-state index in [1.807, 2.05) is 20.2 Å². The molecule has 1 aromatic heterocycles. The predicted molar refractivity (Wildman–Crippen MR) is 120 cm³/mol. The first kappa shape index (κ1) is 19.9. The summed E-state index contributed by atoms with van der Waals surface area (Å²) in [6, 6.07) is 16.8. The van der Waals surface area contributed by atoms with Gasteiger partial charge in [-0.2, -0.15) is 0 Å². The van der Waals surface area contributed by atoms with Gasteiger partial charge in [0.05, 0.1) is 22.8 Å². The molecule has 1 amide bonds. The highest BCUT2D eigenvalue weighted by atomic mass is 32.1. The lowest BCUT2D eigenvalue weighted by Crippen LogP contribution is -2.41. The number of hydrogen-bond acceptors (Lipinski definition) is 5. The van der Waals surface area contributed by atoms with Crippen molar-refractivity contribution < 1.29 is 4.79 Å². The quantitative estimate of drug-likeness (QED) is 0.664. The van der Waals surface area contributed by atoms with Crippen molar-refractivity contribution >= 4 is 33.1 Å². The third-order valence-corrected chi connectivity index (χ3v) is 6.64. The minimum atomic E-state index is 0.0784. The van der Waals surface area contributed by atoms with Crippen molar-refractivity contribution in [3.63, 3.8) is 0 Å². The van der Waals surface area contributed by atoms with Gasteiger partial charge in [0.15, 0.2) is 0 Å². The van der Waals surface area contributed by atoms with Crippen molar-refractivity contribution in [1.82, 2.24) is 15.2 Å². The second-order valence-electron chi connectivity index (χ2n) is 7.84. The van der Waals surface area contributed by atoms with Crippen LogP contribution in [0.3, 0.4) is 0 Å². The lowest BCUT2D eigenvalue weighted by Gasteiger charge is -2.33. The van der Waals surface area contributed by atoms with E-state index in [9.17, 15) is 4.79 Å². The fraction of sp³-hybridized carbons (Fsp3) is 0.391. The van der Waals surface area contributed by atoms with Crippen LogP contribution < -0.4 is 10.2 Å². The van der Waals surface area contributed by atoms with Crippen LogP contribution in [0.2, 0.25) is 0 Å². The van der Waals surface area contributed by atoms with E-state index in [4.69, 9.17) is 4.98 Å². The van der Waals surface area contributed by atoms with E-state index < -0.39 is 0 Å². The van der Waals surface area contributed by atoms with Crippen LogP contribution in [0, 0.1) is 0 Å². The maximum Gasteiger partial charge on any atom is 0.234 e. The smallest absolute Gasteiger partial charge is 0.234 e. The summed E-state index contributed by atoms with van der Waals surface area (Å²) in [7, 11) is 4.05. The number of rotatable bonds is 6. The summed E-state index contributed by atoms with van der Waals surface area (Å²) in [6.45, 7) is 1.94. The number of thiazole rings is 1. The number of benzene rings is 2. The summed E-state index contributed by atoms with van der Waals surface area (Å²) < 4.78 is 1.22. The number of aromatic nitrogens is 1. The Kier molecular flexibility index (Phi) is 6.11. The third-order valence-electron chi connectivity index (χ3n) is 5.50. The van der Waals surface area contributed by atoms with Crippen molar-refractivity contribution in [3.8, 4) is 0 Å². The number of likely N-dealkylation sites (tertiary alicyclic amines) is 1. The number of nitrogens with one attached hydrogen (secondary N) is 1. The van der Waals surface area contributed by atoms with Crippen molar-refractivity contribution in [2.24, 2.45) is 0 Å². The zero-order chi connectivity index (χ0) is 20.2. The van der Waals surface area contributed by atoms with Gasteiger partial charge < -0.3 is 10.2 Å². The molecule has 0 unspecified atom stereocenters. The fourth-order valence-electron chi connectivity index (χ4n) is 3.85. The summed E-state index contributed by atoms with van der Waals surface area (Å²) in [5.74, 6) is 0.0784. The molecule has 1 atom stereocenters. The van der Waals surface area contributed by atoms with E-state index in [1.54, 1.807) is 11.3 Å². The van der Waals surface area contributed by atoms with E-state index in [2.05, 4.69) is 57.6 Å². The Morgan fingerprint density at radius 2 is 1.97 bits per heavy atom. The standard InChI is InChI=1S/C23H28N4OS/c1-26(2)18-12-10-17(11-13-18)15-24-22(28)16-27-14-6-5-8-20(27)23-25-19-7-3-4-9-21(19)29-23/h3-4,7,9-13,20H,5-6,8,14-16H2,1-2H3,(H,24,28)/t20-/m0/s1. The molecule has 4 rings (SSSR count). The van der Waals surface area contributed by atoms with Gasteiger partial charge in [-0.3, -0.25) is 9.69 Å². The van der Waals surface area contributed by atoms with Gasteiger partial charge in [-0.15, -0.1) is 11.3 Å². The number of nitrogens with zero attached hydrogens (tertiary/aromatic N) is 3. The van der Waals surface area contributed by atoms with Gasteiger partial charge in [-0.05, 0) is 49.2 Å². The summed E-state index contributed by atoms with van der Waals surface area (Å²) in [6.07, 6.45) is 3.40. The fourth-order valence-corrected chi connectivity index (χ4v) is 4.98. The van der Waals surface area contributed by atoms with Crippen molar-refractivity contribution in [1.29, 1.82) is 0 Å². The molecule has 0 bridgehead atoms. The van der Waals surface area contributed by atoms with Crippen LogP contribution in [0.1, 0.15) is 35.9 Å². The molecule has 0 radical (unpaired) electrons. The van der Waals surface area contributed by atoms with Gasteiger partial charge in [0, 0.05) is 26.3 Å². The third kappa shape index (κ3) is 4.77. The topological polar surface area (TPSA) is 48.5 Å². The molecule has 1 fully saturated rings. The molecular weight excluding hydrogens is 380 g/mol. The molecule has 1 aliphatic heterocycles. The van der Waals surface area contributed by atoms with Crippen LogP contribution in [0.4, 0.5) is 5.69 Å². The molecule has 1 saturated heterocycles. The first-order valence-electron chi connectivity index (χ1n) is 10.2. The molecule has 1 aliphatic rings. The van der Waals surface area contributed by atoms with E-state index in [0.717, 1.165) is 41.2 Å². The van der Waals surface area contributed by atoms with Gasteiger partial charge in [0.2, 0.25) is 5.91 Å². The number of carbonyl (C=O) groups excluding carboxylic acids is 1. The largest absolute Gasteiger partial charge is 0.378 e. The first-order valence-corrected chi connectivity index (χ1v) is 11.0. The van der Waals surface area contributed by atoms with Crippen LogP contribution in [0.5, 0.6) is 0 Å². The Balaban J connectivity index is 1.38. The van der Waals surface area contributed by atoms with Gasteiger partial charge in [-0.25, -0.2) is 4.98 Å². The highest BCUT2D eigenvalue weighted by Crippen LogP contribution is 2.35. The molecule has 3 aromatic rings. The molecule has 152 valence electrons. The highest BCUT2D eigenvalue weighted by molar-refractivity contribution is 7.18. The molecule has 6 heteroatoms. The molecule has 29 heavy (non-hydrogen) atoms. The van der Waals surface area contributed by atoms with E-state index >= 15 is 0 Å². The van der Waals surface area contributed by atoms with Crippen LogP contribution in [-0.2, 0) is 11.3 Å². The maximum atomic E-state index is 12.6. The second-order valence-corrected chi connectivity index (χ2v) is 8.90. The van der Waals surface area contributed by atoms with Crippen LogP contribution in [0.25, 0.3) is 10.2 Å². The minimum Gasteiger partial charge on any atom is -0.378 e. The average Bonchev–Trinajstić information content (AvgIpc) is 3.17. The Hall–Kier alpha value is -2.44.